The number of hydrogen-bond acceptors (Lipinski definition) is 4. The van der Waals surface area contributed by atoms with Crippen LogP contribution >= 0.6 is 0 Å². The predicted molar refractivity (Wildman–Crippen MR) is 72.0 cm³/mol. The summed E-state index contributed by atoms with van der Waals surface area (Å²) >= 11 is 0. The molecule has 1 aromatic carbocycles. The van der Waals surface area contributed by atoms with E-state index in [9.17, 15) is 18.3 Å². The van der Waals surface area contributed by atoms with Crippen molar-refractivity contribution in [1.82, 2.24) is 5.32 Å². The molecule has 1 heterocycles. The summed E-state index contributed by atoms with van der Waals surface area (Å²) in [7, 11) is -3.08. The first kappa shape index (κ1) is 13.9. The van der Waals surface area contributed by atoms with Crippen LogP contribution in [0.25, 0.3) is 0 Å². The summed E-state index contributed by atoms with van der Waals surface area (Å²) in [6, 6.07) is 4.76. The van der Waals surface area contributed by atoms with Gasteiger partial charge in [-0.1, -0.05) is 6.07 Å². The average molecular weight is 283 g/mol. The van der Waals surface area contributed by atoms with E-state index < -0.39 is 21.3 Å². The Morgan fingerprint density at radius 1 is 1.42 bits per heavy atom. The van der Waals surface area contributed by atoms with Crippen LogP contribution in [0, 0.1) is 6.92 Å². The van der Waals surface area contributed by atoms with Gasteiger partial charge < -0.3 is 10.4 Å². The van der Waals surface area contributed by atoms with Gasteiger partial charge in [-0.25, -0.2) is 8.42 Å². The number of phenolic OH excluding ortho intramolecular Hbond substituents is 1. The van der Waals surface area contributed by atoms with E-state index >= 15 is 0 Å². The molecule has 19 heavy (non-hydrogen) atoms. The maximum Gasteiger partial charge on any atom is 0.255 e. The van der Waals surface area contributed by atoms with Crippen LogP contribution in [0.1, 0.15) is 29.3 Å². The molecule has 1 unspecified atom stereocenters. The lowest BCUT2D eigenvalue weighted by Crippen LogP contribution is -2.46. The fourth-order valence-electron chi connectivity index (χ4n) is 2.28. The van der Waals surface area contributed by atoms with Gasteiger partial charge in [0.1, 0.15) is 5.75 Å². The SMILES string of the molecule is Cc1ccc(C(=O)NC2(C)CCS(=O)(=O)C2)c(O)c1. The molecule has 1 aromatic rings. The third kappa shape index (κ3) is 3.07. The maximum absolute atomic E-state index is 12.1. The van der Waals surface area contributed by atoms with E-state index in [0.29, 0.717) is 6.42 Å². The van der Waals surface area contributed by atoms with Crippen molar-refractivity contribution in [3.63, 3.8) is 0 Å². The zero-order valence-electron chi connectivity index (χ0n) is 10.9. The number of phenols is 1. The van der Waals surface area contributed by atoms with E-state index in [4.69, 9.17) is 0 Å². The Hall–Kier alpha value is -1.56. The molecule has 1 fully saturated rings. The smallest absolute Gasteiger partial charge is 0.255 e. The van der Waals surface area contributed by atoms with E-state index in [1.807, 2.05) is 6.92 Å². The molecule has 0 aliphatic carbocycles. The second-order valence-electron chi connectivity index (χ2n) is 5.38. The van der Waals surface area contributed by atoms with Gasteiger partial charge in [-0.15, -0.1) is 0 Å². The average Bonchev–Trinajstić information content (AvgIpc) is 2.52. The summed E-state index contributed by atoms with van der Waals surface area (Å²) in [6.07, 6.45) is 0.397. The molecule has 1 aliphatic heterocycles. The summed E-state index contributed by atoms with van der Waals surface area (Å²) in [5.41, 5.74) is 0.257. The summed E-state index contributed by atoms with van der Waals surface area (Å²) in [4.78, 5) is 12.1. The molecule has 0 aromatic heterocycles. The minimum atomic E-state index is -3.08. The fourth-order valence-corrected chi connectivity index (χ4v) is 4.38. The lowest BCUT2D eigenvalue weighted by molar-refractivity contribution is 0.0912. The fraction of sp³-hybridized carbons (Fsp3) is 0.462. The summed E-state index contributed by atoms with van der Waals surface area (Å²) in [6.45, 7) is 3.52. The van der Waals surface area contributed by atoms with Gasteiger partial charge in [0, 0.05) is 0 Å². The monoisotopic (exact) mass is 283 g/mol. The van der Waals surface area contributed by atoms with Crippen molar-refractivity contribution in [3.8, 4) is 5.75 Å². The van der Waals surface area contributed by atoms with E-state index in [-0.39, 0.29) is 22.8 Å². The molecular weight excluding hydrogens is 266 g/mol. The number of hydrogen-bond donors (Lipinski definition) is 2. The molecule has 0 bridgehead atoms. The van der Waals surface area contributed by atoms with Gasteiger partial charge in [-0.2, -0.15) is 0 Å². The number of rotatable bonds is 2. The van der Waals surface area contributed by atoms with Crippen molar-refractivity contribution in [2.75, 3.05) is 11.5 Å². The Balaban J connectivity index is 2.18. The molecule has 0 saturated carbocycles. The molecule has 1 aliphatic rings. The Morgan fingerprint density at radius 2 is 2.11 bits per heavy atom. The largest absolute Gasteiger partial charge is 0.507 e. The van der Waals surface area contributed by atoms with Gasteiger partial charge in [0.05, 0.1) is 22.6 Å². The van der Waals surface area contributed by atoms with E-state index in [2.05, 4.69) is 5.32 Å². The number of nitrogens with one attached hydrogen (secondary N) is 1. The number of aryl methyl sites for hydroxylation is 1. The van der Waals surface area contributed by atoms with Gasteiger partial charge in [0.2, 0.25) is 0 Å². The normalized spacial score (nSPS) is 25.2. The lowest BCUT2D eigenvalue weighted by Gasteiger charge is -2.24. The molecule has 0 radical (unpaired) electrons. The first-order valence-corrected chi connectivity index (χ1v) is 7.85. The zero-order valence-corrected chi connectivity index (χ0v) is 11.8. The van der Waals surface area contributed by atoms with Crippen LogP contribution in [-0.2, 0) is 9.84 Å². The molecular formula is C13H17NO4S. The highest BCUT2D eigenvalue weighted by Crippen LogP contribution is 2.25. The quantitative estimate of drug-likeness (QED) is 0.848. The second kappa shape index (κ2) is 4.52. The Bertz CT molecular complexity index is 624. The first-order chi connectivity index (χ1) is 8.71. The van der Waals surface area contributed by atoms with Crippen LogP contribution < -0.4 is 5.32 Å². The van der Waals surface area contributed by atoms with E-state index in [1.54, 1.807) is 13.0 Å². The van der Waals surface area contributed by atoms with Crippen LogP contribution in [0.15, 0.2) is 18.2 Å². The van der Waals surface area contributed by atoms with Crippen LogP contribution in [0.3, 0.4) is 0 Å². The van der Waals surface area contributed by atoms with Crippen molar-refractivity contribution < 1.29 is 18.3 Å². The molecule has 1 atom stereocenters. The predicted octanol–water partition coefficient (Wildman–Crippen LogP) is 1.01. The number of amides is 1. The summed E-state index contributed by atoms with van der Waals surface area (Å²) in [5.74, 6) is -0.513. The molecule has 0 spiro atoms. The van der Waals surface area contributed by atoms with Gasteiger partial charge in [-0.3, -0.25) is 4.79 Å². The Labute approximate surface area is 112 Å². The second-order valence-corrected chi connectivity index (χ2v) is 7.56. The Morgan fingerprint density at radius 3 is 2.63 bits per heavy atom. The Kier molecular flexibility index (Phi) is 3.30. The molecule has 5 nitrogen and oxygen atoms in total. The van der Waals surface area contributed by atoms with Crippen LogP contribution in [0.4, 0.5) is 0 Å². The van der Waals surface area contributed by atoms with Crippen molar-refractivity contribution in [2.45, 2.75) is 25.8 Å². The van der Waals surface area contributed by atoms with Crippen LogP contribution in [0.5, 0.6) is 5.75 Å². The van der Waals surface area contributed by atoms with Crippen LogP contribution in [-0.4, -0.2) is 36.5 Å². The van der Waals surface area contributed by atoms with E-state index in [0.717, 1.165) is 5.56 Å². The van der Waals surface area contributed by atoms with E-state index in [1.165, 1.54) is 12.1 Å². The van der Waals surface area contributed by atoms with Crippen LogP contribution in [0.2, 0.25) is 0 Å². The lowest BCUT2D eigenvalue weighted by atomic mass is 10.0. The van der Waals surface area contributed by atoms with Gasteiger partial charge in [0.25, 0.3) is 5.91 Å². The van der Waals surface area contributed by atoms with Crippen molar-refractivity contribution in [2.24, 2.45) is 0 Å². The highest BCUT2D eigenvalue weighted by molar-refractivity contribution is 7.91. The zero-order chi connectivity index (χ0) is 14.3. The topological polar surface area (TPSA) is 83.5 Å². The third-order valence-corrected chi connectivity index (χ3v) is 5.22. The highest BCUT2D eigenvalue weighted by atomic mass is 32.2. The van der Waals surface area contributed by atoms with Crippen molar-refractivity contribution >= 4 is 15.7 Å². The molecule has 2 rings (SSSR count). The molecule has 1 amide bonds. The number of carbonyl (C=O) groups is 1. The summed E-state index contributed by atoms with van der Waals surface area (Å²) in [5, 5.41) is 12.5. The number of sulfone groups is 1. The van der Waals surface area contributed by atoms with Gasteiger partial charge in [-0.05, 0) is 38.0 Å². The number of aromatic hydroxyl groups is 1. The molecule has 2 N–H and O–H groups in total. The highest BCUT2D eigenvalue weighted by Gasteiger charge is 2.39. The standard InChI is InChI=1S/C13H17NO4S/c1-9-3-4-10(11(15)7-9)12(16)14-13(2)5-6-19(17,18)8-13/h3-4,7,15H,5-6,8H2,1-2H3,(H,14,16). The van der Waals surface area contributed by atoms with Crippen molar-refractivity contribution in [1.29, 1.82) is 0 Å². The maximum atomic E-state index is 12.1. The minimum absolute atomic E-state index is 0.0572. The van der Waals surface area contributed by atoms with Crippen molar-refractivity contribution in [3.05, 3.63) is 29.3 Å². The third-order valence-electron chi connectivity index (χ3n) is 3.32. The first-order valence-electron chi connectivity index (χ1n) is 6.03. The van der Waals surface area contributed by atoms with Gasteiger partial charge in [0.15, 0.2) is 9.84 Å². The minimum Gasteiger partial charge on any atom is -0.507 e. The van der Waals surface area contributed by atoms with Gasteiger partial charge >= 0.3 is 0 Å². The summed E-state index contributed by atoms with van der Waals surface area (Å²) < 4.78 is 23.0. The number of carbonyl (C=O) groups excluding carboxylic acids is 1. The molecule has 6 heteroatoms. The molecule has 1 saturated heterocycles. The number of benzene rings is 1. The molecule has 104 valence electrons.